The standard InChI is InChI=1S/C24H32N2O4S/c1-17-5-7-20(8-6-17)9-10-24(27)25-21-11-13-26(14-12-21)31(28,29)23-16-19(3)18(2)15-22(23)30-4/h5-8,15-16,21H,9-14H2,1-4H3,(H,25,27). The maximum absolute atomic E-state index is 13.2. The summed E-state index contributed by atoms with van der Waals surface area (Å²) < 4.78 is 33.2. The van der Waals surface area contributed by atoms with Crippen LogP contribution in [0.15, 0.2) is 41.3 Å². The Bertz CT molecular complexity index is 1020. The molecular weight excluding hydrogens is 412 g/mol. The molecule has 1 amide bonds. The van der Waals surface area contributed by atoms with Gasteiger partial charge in [0, 0.05) is 25.6 Å². The molecule has 0 aromatic heterocycles. The first-order chi connectivity index (χ1) is 14.7. The van der Waals surface area contributed by atoms with E-state index in [2.05, 4.69) is 5.32 Å². The van der Waals surface area contributed by atoms with E-state index >= 15 is 0 Å². The van der Waals surface area contributed by atoms with Crippen LogP contribution in [0.1, 0.15) is 41.5 Å². The molecule has 3 rings (SSSR count). The lowest BCUT2D eigenvalue weighted by atomic mass is 10.1. The van der Waals surface area contributed by atoms with Gasteiger partial charge >= 0.3 is 0 Å². The Labute approximate surface area is 185 Å². The van der Waals surface area contributed by atoms with Crippen LogP contribution >= 0.6 is 0 Å². The van der Waals surface area contributed by atoms with Gasteiger partial charge in [-0.15, -0.1) is 0 Å². The van der Waals surface area contributed by atoms with Crippen LogP contribution in [-0.4, -0.2) is 44.9 Å². The lowest BCUT2D eigenvalue weighted by Crippen LogP contribution is -2.46. The van der Waals surface area contributed by atoms with Crippen LogP contribution in [0.25, 0.3) is 0 Å². The first-order valence-electron chi connectivity index (χ1n) is 10.7. The molecule has 1 aliphatic heterocycles. The van der Waals surface area contributed by atoms with Gasteiger partial charge in [0.05, 0.1) is 7.11 Å². The minimum absolute atomic E-state index is 0.00128. The molecule has 0 aliphatic carbocycles. The van der Waals surface area contributed by atoms with Crippen molar-refractivity contribution in [2.45, 2.75) is 57.4 Å². The fourth-order valence-electron chi connectivity index (χ4n) is 3.82. The predicted molar refractivity (Wildman–Crippen MR) is 122 cm³/mol. The van der Waals surface area contributed by atoms with E-state index < -0.39 is 10.0 Å². The fraction of sp³-hybridized carbons (Fsp3) is 0.458. The average Bonchev–Trinajstić information content (AvgIpc) is 2.75. The van der Waals surface area contributed by atoms with E-state index in [-0.39, 0.29) is 16.8 Å². The third-order valence-electron chi connectivity index (χ3n) is 5.98. The molecule has 0 bridgehead atoms. The van der Waals surface area contributed by atoms with Gasteiger partial charge in [0.25, 0.3) is 0 Å². The highest BCUT2D eigenvalue weighted by Crippen LogP contribution is 2.31. The highest BCUT2D eigenvalue weighted by Gasteiger charge is 2.32. The number of nitrogens with one attached hydrogen (secondary N) is 1. The van der Waals surface area contributed by atoms with Crippen LogP contribution < -0.4 is 10.1 Å². The van der Waals surface area contributed by atoms with Gasteiger partial charge in [-0.3, -0.25) is 4.79 Å². The third-order valence-corrected chi connectivity index (χ3v) is 7.90. The number of benzene rings is 2. The van der Waals surface area contributed by atoms with Crippen molar-refractivity contribution in [3.8, 4) is 5.75 Å². The summed E-state index contributed by atoms with van der Waals surface area (Å²) in [5.74, 6) is 0.382. The predicted octanol–water partition coefficient (Wildman–Crippen LogP) is 3.52. The molecule has 1 N–H and O–H groups in total. The molecular formula is C24H32N2O4S. The van der Waals surface area contributed by atoms with Crippen LogP contribution in [0.3, 0.4) is 0 Å². The van der Waals surface area contributed by atoms with E-state index in [0.717, 1.165) is 16.7 Å². The summed E-state index contributed by atoms with van der Waals surface area (Å²) in [7, 11) is -2.16. The number of carbonyl (C=O) groups is 1. The van der Waals surface area contributed by atoms with Crippen molar-refractivity contribution in [3.05, 3.63) is 58.7 Å². The smallest absolute Gasteiger partial charge is 0.246 e. The number of nitrogens with zero attached hydrogens (tertiary/aromatic N) is 1. The first kappa shape index (κ1) is 23.3. The summed E-state index contributed by atoms with van der Waals surface area (Å²) >= 11 is 0. The summed E-state index contributed by atoms with van der Waals surface area (Å²) in [5, 5.41) is 3.07. The van der Waals surface area contributed by atoms with Gasteiger partial charge in [-0.05, 0) is 68.9 Å². The summed E-state index contributed by atoms with van der Waals surface area (Å²) in [6, 6.07) is 11.6. The molecule has 7 heteroatoms. The molecule has 1 saturated heterocycles. The zero-order valence-corrected chi connectivity index (χ0v) is 19.6. The first-order valence-corrected chi connectivity index (χ1v) is 12.1. The van der Waals surface area contributed by atoms with E-state index in [1.165, 1.54) is 17.0 Å². The quantitative estimate of drug-likeness (QED) is 0.709. The van der Waals surface area contributed by atoms with Crippen molar-refractivity contribution in [3.63, 3.8) is 0 Å². The summed E-state index contributed by atoms with van der Waals surface area (Å²) in [6.07, 6.45) is 2.33. The number of carbonyl (C=O) groups excluding carboxylic acids is 1. The SMILES string of the molecule is COc1cc(C)c(C)cc1S(=O)(=O)N1CCC(NC(=O)CCc2ccc(C)cc2)CC1. The number of sulfonamides is 1. The molecule has 0 spiro atoms. The van der Waals surface area contributed by atoms with Crippen molar-refractivity contribution < 1.29 is 17.9 Å². The zero-order chi connectivity index (χ0) is 22.6. The van der Waals surface area contributed by atoms with Crippen molar-refractivity contribution in [2.75, 3.05) is 20.2 Å². The lowest BCUT2D eigenvalue weighted by molar-refractivity contribution is -0.122. The van der Waals surface area contributed by atoms with E-state index in [0.29, 0.717) is 44.5 Å². The number of methoxy groups -OCH3 is 1. The summed E-state index contributed by atoms with van der Waals surface area (Å²) in [4.78, 5) is 12.6. The molecule has 0 radical (unpaired) electrons. The van der Waals surface area contributed by atoms with Crippen LogP contribution in [-0.2, 0) is 21.2 Å². The van der Waals surface area contributed by atoms with Gasteiger partial charge in [0.15, 0.2) is 0 Å². The van der Waals surface area contributed by atoms with Gasteiger partial charge < -0.3 is 10.1 Å². The van der Waals surface area contributed by atoms with Gasteiger partial charge in [-0.1, -0.05) is 29.8 Å². The molecule has 0 unspecified atom stereocenters. The average molecular weight is 445 g/mol. The van der Waals surface area contributed by atoms with Crippen molar-refractivity contribution in [2.24, 2.45) is 0 Å². The Balaban J connectivity index is 1.56. The van der Waals surface area contributed by atoms with Gasteiger partial charge in [-0.25, -0.2) is 8.42 Å². The van der Waals surface area contributed by atoms with Crippen molar-refractivity contribution >= 4 is 15.9 Å². The largest absolute Gasteiger partial charge is 0.495 e. The van der Waals surface area contributed by atoms with Gasteiger partial charge in [0.2, 0.25) is 15.9 Å². The van der Waals surface area contributed by atoms with Crippen LogP contribution in [0, 0.1) is 20.8 Å². The molecule has 0 atom stereocenters. The Hall–Kier alpha value is -2.38. The second-order valence-corrected chi connectivity index (χ2v) is 10.2. The highest BCUT2D eigenvalue weighted by molar-refractivity contribution is 7.89. The number of hydrogen-bond donors (Lipinski definition) is 1. The molecule has 168 valence electrons. The van der Waals surface area contributed by atoms with Crippen LogP contribution in [0.5, 0.6) is 5.75 Å². The number of piperidine rings is 1. The molecule has 2 aromatic rings. The minimum atomic E-state index is -3.65. The topological polar surface area (TPSA) is 75.7 Å². The Morgan fingerprint density at radius 1 is 1.06 bits per heavy atom. The molecule has 0 saturated carbocycles. The molecule has 1 fully saturated rings. The van der Waals surface area contributed by atoms with Crippen molar-refractivity contribution in [1.82, 2.24) is 9.62 Å². The fourth-order valence-corrected chi connectivity index (χ4v) is 5.51. The zero-order valence-electron chi connectivity index (χ0n) is 18.8. The van der Waals surface area contributed by atoms with E-state index in [1.54, 1.807) is 12.1 Å². The number of hydrogen-bond acceptors (Lipinski definition) is 4. The third kappa shape index (κ3) is 5.66. The second kappa shape index (κ2) is 9.83. The lowest BCUT2D eigenvalue weighted by Gasteiger charge is -2.32. The summed E-state index contributed by atoms with van der Waals surface area (Å²) in [6.45, 7) is 6.62. The molecule has 1 aliphatic rings. The van der Waals surface area contributed by atoms with Gasteiger partial charge in [-0.2, -0.15) is 4.31 Å². The number of amides is 1. The minimum Gasteiger partial charge on any atom is -0.495 e. The Morgan fingerprint density at radius 3 is 2.29 bits per heavy atom. The van der Waals surface area contributed by atoms with Crippen LogP contribution in [0.4, 0.5) is 0 Å². The normalized spacial score (nSPS) is 15.6. The number of aryl methyl sites for hydroxylation is 4. The van der Waals surface area contributed by atoms with E-state index in [1.807, 2.05) is 45.0 Å². The van der Waals surface area contributed by atoms with E-state index in [9.17, 15) is 13.2 Å². The molecule has 6 nitrogen and oxygen atoms in total. The molecule has 2 aromatic carbocycles. The summed E-state index contributed by atoms with van der Waals surface area (Å²) in [5.41, 5.74) is 4.25. The van der Waals surface area contributed by atoms with Gasteiger partial charge in [0.1, 0.15) is 10.6 Å². The molecule has 1 heterocycles. The molecule has 31 heavy (non-hydrogen) atoms. The highest BCUT2D eigenvalue weighted by atomic mass is 32.2. The maximum Gasteiger partial charge on any atom is 0.246 e. The van der Waals surface area contributed by atoms with E-state index in [4.69, 9.17) is 4.74 Å². The number of ether oxygens (including phenoxy) is 1. The monoisotopic (exact) mass is 444 g/mol. The maximum atomic E-state index is 13.2. The second-order valence-electron chi connectivity index (χ2n) is 8.32. The van der Waals surface area contributed by atoms with Crippen LogP contribution in [0.2, 0.25) is 0 Å². The number of rotatable bonds is 7. The Kier molecular flexibility index (Phi) is 7.38. The van der Waals surface area contributed by atoms with Crippen molar-refractivity contribution in [1.29, 1.82) is 0 Å². The Morgan fingerprint density at radius 2 is 1.68 bits per heavy atom.